The molecule has 0 fully saturated rings. The minimum atomic E-state index is 0.164. The summed E-state index contributed by atoms with van der Waals surface area (Å²) in [6.45, 7) is 0. The standard InChI is InChI=1S/C22H18Br4/c23-19(15-9-3-1-4-10-15)21(25)17-13-7-8-14-18(17)22(26)20(24)16-11-5-2-6-12-16/h1-14,19-22H/t19-,20+,21-,22-/m0/s1. The highest BCUT2D eigenvalue weighted by atomic mass is 79.9. The lowest BCUT2D eigenvalue weighted by atomic mass is 9.95. The average molecular weight is 602 g/mol. The third-order valence-corrected chi connectivity index (χ3v) is 9.92. The summed E-state index contributed by atoms with van der Waals surface area (Å²) in [6.07, 6.45) is 0. The van der Waals surface area contributed by atoms with E-state index in [-0.39, 0.29) is 19.3 Å². The largest absolute Gasteiger partial charge is 0.0823 e. The van der Waals surface area contributed by atoms with Crippen LogP contribution in [0, 0.1) is 0 Å². The second-order valence-electron chi connectivity index (χ2n) is 6.06. The third-order valence-electron chi connectivity index (χ3n) is 4.34. The van der Waals surface area contributed by atoms with Gasteiger partial charge in [-0.2, -0.15) is 0 Å². The van der Waals surface area contributed by atoms with Crippen molar-refractivity contribution in [3.05, 3.63) is 107 Å². The molecule has 4 atom stereocenters. The maximum absolute atomic E-state index is 3.93. The van der Waals surface area contributed by atoms with E-state index in [9.17, 15) is 0 Å². The van der Waals surface area contributed by atoms with Crippen molar-refractivity contribution in [2.45, 2.75) is 19.3 Å². The van der Waals surface area contributed by atoms with Crippen LogP contribution in [0.15, 0.2) is 84.9 Å². The smallest absolute Gasteiger partial charge is 0.0564 e. The number of benzene rings is 3. The molecule has 0 bridgehead atoms. The lowest BCUT2D eigenvalue weighted by molar-refractivity contribution is 0.873. The fourth-order valence-corrected chi connectivity index (χ4v) is 5.56. The van der Waals surface area contributed by atoms with E-state index in [1.54, 1.807) is 0 Å². The molecule has 0 aromatic heterocycles. The van der Waals surface area contributed by atoms with Crippen LogP contribution in [0.4, 0.5) is 0 Å². The zero-order valence-electron chi connectivity index (χ0n) is 13.9. The summed E-state index contributed by atoms with van der Waals surface area (Å²) < 4.78 is 0. The normalized spacial score (nSPS) is 15.8. The van der Waals surface area contributed by atoms with E-state index < -0.39 is 0 Å². The predicted molar refractivity (Wildman–Crippen MR) is 126 cm³/mol. The van der Waals surface area contributed by atoms with Gasteiger partial charge in [0.15, 0.2) is 0 Å². The molecule has 4 heteroatoms. The molecule has 0 amide bonds. The lowest BCUT2D eigenvalue weighted by Crippen LogP contribution is -2.07. The van der Waals surface area contributed by atoms with Crippen molar-refractivity contribution in [2.75, 3.05) is 0 Å². The Bertz CT molecular complexity index is 749. The fraction of sp³-hybridized carbons (Fsp3) is 0.182. The quantitative estimate of drug-likeness (QED) is 0.248. The van der Waals surface area contributed by atoms with Gasteiger partial charge in [0.25, 0.3) is 0 Å². The first-order valence-electron chi connectivity index (χ1n) is 8.34. The molecule has 3 aromatic rings. The summed E-state index contributed by atoms with van der Waals surface area (Å²) in [7, 11) is 0. The summed E-state index contributed by atoms with van der Waals surface area (Å²) in [5, 5.41) is 0. The highest BCUT2D eigenvalue weighted by Crippen LogP contribution is 2.49. The first-order valence-corrected chi connectivity index (χ1v) is 12.0. The van der Waals surface area contributed by atoms with Crippen LogP contribution in [0.25, 0.3) is 0 Å². The second-order valence-corrected chi connectivity index (χ2v) is 10.0. The fourth-order valence-electron chi connectivity index (χ4n) is 2.94. The van der Waals surface area contributed by atoms with Gasteiger partial charge in [0, 0.05) is 0 Å². The van der Waals surface area contributed by atoms with Gasteiger partial charge in [-0.3, -0.25) is 0 Å². The zero-order valence-corrected chi connectivity index (χ0v) is 20.2. The van der Waals surface area contributed by atoms with Gasteiger partial charge in [0.05, 0.1) is 19.3 Å². The highest BCUT2D eigenvalue weighted by molar-refractivity contribution is 9.12. The second kappa shape index (κ2) is 9.68. The number of halogens is 4. The highest BCUT2D eigenvalue weighted by Gasteiger charge is 2.27. The van der Waals surface area contributed by atoms with E-state index in [2.05, 4.69) is 137 Å². The molecule has 0 saturated carbocycles. The molecular formula is C22H18Br4. The Hall–Kier alpha value is -0.420. The third kappa shape index (κ3) is 4.70. The first kappa shape index (κ1) is 20.3. The Morgan fingerprint density at radius 3 is 1.04 bits per heavy atom. The van der Waals surface area contributed by atoms with Gasteiger partial charge in [-0.25, -0.2) is 0 Å². The number of alkyl halides is 4. The molecule has 0 heterocycles. The van der Waals surface area contributed by atoms with E-state index in [4.69, 9.17) is 0 Å². The zero-order chi connectivity index (χ0) is 18.5. The maximum atomic E-state index is 3.93. The molecule has 0 spiro atoms. The first-order chi connectivity index (χ1) is 12.6. The van der Waals surface area contributed by atoms with Gasteiger partial charge in [-0.15, -0.1) is 0 Å². The van der Waals surface area contributed by atoms with Crippen LogP contribution in [0.5, 0.6) is 0 Å². The van der Waals surface area contributed by atoms with Crippen molar-refractivity contribution in [3.63, 3.8) is 0 Å². The van der Waals surface area contributed by atoms with Crippen LogP contribution in [-0.4, -0.2) is 0 Å². The molecule has 26 heavy (non-hydrogen) atoms. The topological polar surface area (TPSA) is 0 Å². The Morgan fingerprint density at radius 2 is 0.692 bits per heavy atom. The van der Waals surface area contributed by atoms with Crippen LogP contribution in [-0.2, 0) is 0 Å². The predicted octanol–water partition coefficient (Wildman–Crippen LogP) is 8.83. The van der Waals surface area contributed by atoms with Crippen molar-refractivity contribution >= 4 is 63.7 Å². The molecule has 0 unspecified atom stereocenters. The Balaban J connectivity index is 1.90. The minimum Gasteiger partial charge on any atom is -0.0823 e. The van der Waals surface area contributed by atoms with E-state index >= 15 is 0 Å². The van der Waals surface area contributed by atoms with Crippen molar-refractivity contribution < 1.29 is 0 Å². The maximum Gasteiger partial charge on any atom is 0.0564 e. The average Bonchev–Trinajstić information content (AvgIpc) is 2.73. The van der Waals surface area contributed by atoms with Crippen LogP contribution in [0.3, 0.4) is 0 Å². The monoisotopic (exact) mass is 598 g/mol. The molecule has 0 aliphatic rings. The van der Waals surface area contributed by atoms with E-state index in [1.807, 2.05) is 12.1 Å². The molecule has 0 saturated heterocycles. The Kier molecular flexibility index (Phi) is 7.56. The molecule has 3 rings (SSSR count). The number of hydrogen-bond acceptors (Lipinski definition) is 0. The van der Waals surface area contributed by atoms with Gasteiger partial charge < -0.3 is 0 Å². The molecular weight excluding hydrogens is 584 g/mol. The summed E-state index contributed by atoms with van der Waals surface area (Å²) in [4.78, 5) is 0.707. The SMILES string of the molecule is Br[C@H](c1ccccc1)[C@@H](Br)c1ccccc1[C@H](Br)[C@@H](Br)c1ccccc1. The van der Waals surface area contributed by atoms with Gasteiger partial charge in [0.2, 0.25) is 0 Å². The molecule has 0 aliphatic carbocycles. The van der Waals surface area contributed by atoms with E-state index in [1.165, 1.54) is 22.3 Å². The molecule has 3 aromatic carbocycles. The summed E-state index contributed by atoms with van der Waals surface area (Å²) >= 11 is 15.6. The molecule has 0 nitrogen and oxygen atoms in total. The van der Waals surface area contributed by atoms with Crippen molar-refractivity contribution in [1.82, 2.24) is 0 Å². The van der Waals surface area contributed by atoms with Gasteiger partial charge in [-0.1, -0.05) is 149 Å². The lowest BCUT2D eigenvalue weighted by Gasteiger charge is -2.25. The Labute approximate surface area is 188 Å². The van der Waals surface area contributed by atoms with Crippen LogP contribution >= 0.6 is 63.7 Å². The summed E-state index contributed by atoms with van der Waals surface area (Å²) in [5.41, 5.74) is 5.07. The molecule has 0 radical (unpaired) electrons. The Morgan fingerprint density at radius 1 is 0.385 bits per heavy atom. The summed E-state index contributed by atoms with van der Waals surface area (Å²) in [5.74, 6) is 0. The van der Waals surface area contributed by atoms with E-state index in [0.717, 1.165) is 0 Å². The van der Waals surface area contributed by atoms with Gasteiger partial charge in [-0.05, 0) is 22.3 Å². The van der Waals surface area contributed by atoms with Crippen LogP contribution in [0.2, 0.25) is 0 Å². The number of rotatable bonds is 6. The molecule has 134 valence electrons. The molecule has 0 aliphatic heterocycles. The van der Waals surface area contributed by atoms with Crippen molar-refractivity contribution in [2.24, 2.45) is 0 Å². The minimum absolute atomic E-state index is 0.164. The summed E-state index contributed by atoms with van der Waals surface area (Å²) in [6, 6.07) is 29.6. The van der Waals surface area contributed by atoms with Crippen molar-refractivity contribution in [3.8, 4) is 0 Å². The van der Waals surface area contributed by atoms with Gasteiger partial charge in [0.1, 0.15) is 0 Å². The van der Waals surface area contributed by atoms with Gasteiger partial charge >= 0.3 is 0 Å². The number of hydrogen-bond donors (Lipinski definition) is 0. The van der Waals surface area contributed by atoms with Crippen LogP contribution < -0.4 is 0 Å². The van der Waals surface area contributed by atoms with Crippen LogP contribution in [0.1, 0.15) is 41.6 Å². The van der Waals surface area contributed by atoms with Crippen molar-refractivity contribution in [1.29, 1.82) is 0 Å². The van der Waals surface area contributed by atoms with E-state index in [0.29, 0.717) is 0 Å². The molecule has 0 N–H and O–H groups in total.